The lowest BCUT2D eigenvalue weighted by molar-refractivity contribution is 0.548. The molecular formula is C11H8BrClO. The first-order valence-electron chi connectivity index (χ1n) is 4.18. The normalized spacial score (nSPS) is 10.5. The van der Waals surface area contributed by atoms with Crippen LogP contribution in [0.5, 0.6) is 0 Å². The number of halogens is 2. The Bertz CT molecular complexity index is 462. The summed E-state index contributed by atoms with van der Waals surface area (Å²) in [5.41, 5.74) is 1.02. The number of aryl methyl sites for hydroxylation is 1. The maximum absolute atomic E-state index is 5.85. The Morgan fingerprint density at radius 1 is 1.21 bits per heavy atom. The minimum atomic E-state index is 0.712. The molecule has 0 fully saturated rings. The van der Waals surface area contributed by atoms with Crippen LogP contribution in [0.15, 0.2) is 39.2 Å². The summed E-state index contributed by atoms with van der Waals surface area (Å²) in [4.78, 5) is 0. The van der Waals surface area contributed by atoms with Crippen molar-refractivity contribution in [2.45, 2.75) is 6.92 Å². The maximum Gasteiger partial charge on any atom is 0.135 e. The molecule has 1 nitrogen and oxygen atoms in total. The van der Waals surface area contributed by atoms with E-state index < -0.39 is 0 Å². The van der Waals surface area contributed by atoms with Crippen LogP contribution in [0.25, 0.3) is 11.3 Å². The second-order valence-electron chi connectivity index (χ2n) is 3.03. The molecule has 0 atom stereocenters. The molecule has 0 aliphatic carbocycles. The summed E-state index contributed by atoms with van der Waals surface area (Å²) >= 11 is 9.30. The third-order valence-electron chi connectivity index (χ3n) is 1.94. The van der Waals surface area contributed by atoms with Gasteiger partial charge in [-0.15, -0.1) is 0 Å². The summed E-state index contributed by atoms with van der Waals surface area (Å²) in [7, 11) is 0. The van der Waals surface area contributed by atoms with Gasteiger partial charge in [-0.2, -0.15) is 0 Å². The third kappa shape index (κ3) is 1.86. The Labute approximate surface area is 95.8 Å². The Morgan fingerprint density at radius 2 is 2.00 bits per heavy atom. The van der Waals surface area contributed by atoms with Gasteiger partial charge in [-0.05, 0) is 53.2 Å². The standard InChI is InChI=1S/C11H8BrClO/c1-7-2-5-11(14-7)9-4-3-8(13)6-10(9)12/h2-6H,1H3. The van der Waals surface area contributed by atoms with Gasteiger partial charge in [0.15, 0.2) is 0 Å². The largest absolute Gasteiger partial charge is 0.461 e. The average Bonchev–Trinajstić information content (AvgIpc) is 2.51. The monoisotopic (exact) mass is 270 g/mol. The molecule has 0 bridgehead atoms. The van der Waals surface area contributed by atoms with Gasteiger partial charge in [-0.1, -0.05) is 11.6 Å². The van der Waals surface area contributed by atoms with Gasteiger partial charge in [0.05, 0.1) is 0 Å². The highest BCUT2D eigenvalue weighted by Gasteiger charge is 2.06. The quantitative estimate of drug-likeness (QED) is 0.734. The Morgan fingerprint density at radius 3 is 2.57 bits per heavy atom. The first-order valence-corrected chi connectivity index (χ1v) is 5.36. The second kappa shape index (κ2) is 3.79. The zero-order valence-corrected chi connectivity index (χ0v) is 9.89. The Balaban J connectivity index is 2.52. The van der Waals surface area contributed by atoms with Crippen molar-refractivity contribution in [1.82, 2.24) is 0 Å². The van der Waals surface area contributed by atoms with Crippen molar-refractivity contribution in [2.24, 2.45) is 0 Å². The van der Waals surface area contributed by atoms with Crippen LogP contribution in [0.3, 0.4) is 0 Å². The van der Waals surface area contributed by atoms with Gasteiger partial charge in [0.25, 0.3) is 0 Å². The summed E-state index contributed by atoms with van der Waals surface area (Å²) < 4.78 is 6.46. The smallest absolute Gasteiger partial charge is 0.135 e. The van der Waals surface area contributed by atoms with E-state index in [9.17, 15) is 0 Å². The molecule has 1 heterocycles. The van der Waals surface area contributed by atoms with Crippen LogP contribution in [0.2, 0.25) is 5.02 Å². The molecule has 0 saturated heterocycles. The Kier molecular flexibility index (Phi) is 2.66. The molecule has 0 N–H and O–H groups in total. The van der Waals surface area contributed by atoms with Crippen molar-refractivity contribution in [2.75, 3.05) is 0 Å². The lowest BCUT2D eigenvalue weighted by atomic mass is 10.2. The zero-order valence-electron chi connectivity index (χ0n) is 7.55. The minimum Gasteiger partial charge on any atom is -0.461 e. The highest BCUT2D eigenvalue weighted by Crippen LogP contribution is 2.31. The van der Waals surface area contributed by atoms with E-state index in [1.54, 1.807) is 0 Å². The van der Waals surface area contributed by atoms with Gasteiger partial charge in [0.2, 0.25) is 0 Å². The topological polar surface area (TPSA) is 13.1 Å². The summed E-state index contributed by atoms with van der Waals surface area (Å²) in [5.74, 6) is 1.76. The van der Waals surface area contributed by atoms with Crippen molar-refractivity contribution in [1.29, 1.82) is 0 Å². The lowest BCUT2D eigenvalue weighted by Crippen LogP contribution is -1.76. The van der Waals surface area contributed by atoms with E-state index in [1.807, 2.05) is 37.3 Å². The van der Waals surface area contributed by atoms with Crippen LogP contribution in [0.4, 0.5) is 0 Å². The second-order valence-corrected chi connectivity index (χ2v) is 4.33. The number of benzene rings is 1. The highest BCUT2D eigenvalue weighted by atomic mass is 79.9. The number of rotatable bonds is 1. The van der Waals surface area contributed by atoms with Gasteiger partial charge in [-0.3, -0.25) is 0 Å². The fourth-order valence-electron chi connectivity index (χ4n) is 1.27. The molecule has 0 spiro atoms. The van der Waals surface area contributed by atoms with Gasteiger partial charge < -0.3 is 4.42 Å². The summed E-state index contributed by atoms with van der Waals surface area (Å²) in [6.07, 6.45) is 0. The van der Waals surface area contributed by atoms with Gasteiger partial charge in [0, 0.05) is 15.1 Å². The van der Waals surface area contributed by atoms with Crippen LogP contribution >= 0.6 is 27.5 Å². The van der Waals surface area contributed by atoms with Crippen molar-refractivity contribution in [3.05, 3.63) is 45.6 Å². The number of furan rings is 1. The van der Waals surface area contributed by atoms with Gasteiger partial charge >= 0.3 is 0 Å². The molecule has 0 radical (unpaired) electrons. The molecule has 0 amide bonds. The van der Waals surface area contributed by atoms with Crippen LogP contribution in [0.1, 0.15) is 5.76 Å². The molecule has 0 unspecified atom stereocenters. The number of hydrogen-bond donors (Lipinski definition) is 0. The first-order chi connectivity index (χ1) is 6.66. The molecule has 14 heavy (non-hydrogen) atoms. The van der Waals surface area contributed by atoms with E-state index >= 15 is 0 Å². The van der Waals surface area contributed by atoms with E-state index in [2.05, 4.69) is 15.9 Å². The zero-order chi connectivity index (χ0) is 10.1. The van der Waals surface area contributed by atoms with Crippen LogP contribution in [-0.2, 0) is 0 Å². The van der Waals surface area contributed by atoms with Gasteiger partial charge in [-0.25, -0.2) is 0 Å². The molecule has 2 rings (SSSR count). The van der Waals surface area contributed by atoms with Gasteiger partial charge in [0.1, 0.15) is 11.5 Å². The molecule has 0 aliphatic rings. The SMILES string of the molecule is Cc1ccc(-c2ccc(Cl)cc2Br)o1. The lowest BCUT2D eigenvalue weighted by Gasteiger charge is -2.00. The van der Waals surface area contributed by atoms with E-state index in [4.69, 9.17) is 16.0 Å². The fraction of sp³-hybridized carbons (Fsp3) is 0.0909. The molecule has 1 aromatic carbocycles. The summed E-state index contributed by atoms with van der Waals surface area (Å²) in [6, 6.07) is 9.53. The molecule has 0 saturated carbocycles. The molecule has 72 valence electrons. The summed E-state index contributed by atoms with van der Waals surface area (Å²) in [6.45, 7) is 1.92. The van der Waals surface area contributed by atoms with E-state index in [0.717, 1.165) is 21.6 Å². The minimum absolute atomic E-state index is 0.712. The predicted molar refractivity (Wildman–Crippen MR) is 61.6 cm³/mol. The van der Waals surface area contributed by atoms with Crippen LogP contribution in [0, 0.1) is 6.92 Å². The highest BCUT2D eigenvalue weighted by molar-refractivity contribution is 9.10. The fourth-order valence-corrected chi connectivity index (χ4v) is 2.15. The Hall–Kier alpha value is -0.730. The van der Waals surface area contributed by atoms with Crippen molar-refractivity contribution >= 4 is 27.5 Å². The van der Waals surface area contributed by atoms with Crippen molar-refractivity contribution in [3.63, 3.8) is 0 Å². The number of hydrogen-bond acceptors (Lipinski definition) is 1. The summed E-state index contributed by atoms with van der Waals surface area (Å²) in [5, 5.41) is 0.712. The molecule has 1 aromatic heterocycles. The van der Waals surface area contributed by atoms with E-state index in [0.29, 0.717) is 5.02 Å². The van der Waals surface area contributed by atoms with Crippen molar-refractivity contribution < 1.29 is 4.42 Å². The third-order valence-corrected chi connectivity index (χ3v) is 2.83. The van der Waals surface area contributed by atoms with E-state index in [1.165, 1.54) is 0 Å². The van der Waals surface area contributed by atoms with E-state index in [-0.39, 0.29) is 0 Å². The maximum atomic E-state index is 5.85. The van der Waals surface area contributed by atoms with Crippen LogP contribution < -0.4 is 0 Å². The molecular weight excluding hydrogens is 263 g/mol. The molecule has 0 aliphatic heterocycles. The first kappa shape index (κ1) is 9.81. The average molecular weight is 272 g/mol. The van der Waals surface area contributed by atoms with Crippen LogP contribution in [-0.4, -0.2) is 0 Å². The van der Waals surface area contributed by atoms with Crippen molar-refractivity contribution in [3.8, 4) is 11.3 Å². The molecule has 2 aromatic rings. The predicted octanol–water partition coefficient (Wildman–Crippen LogP) is 4.67. The molecule has 3 heteroatoms.